The van der Waals surface area contributed by atoms with Crippen LogP contribution in [0.3, 0.4) is 0 Å². The summed E-state index contributed by atoms with van der Waals surface area (Å²) in [4.78, 5) is 31.3. The summed E-state index contributed by atoms with van der Waals surface area (Å²) in [5.74, 6) is -1.72. The second kappa shape index (κ2) is 13.5. The molecule has 8 nitrogen and oxygen atoms in total. The molecule has 1 aliphatic rings. The monoisotopic (exact) mass is 543 g/mol. The lowest BCUT2D eigenvalue weighted by Crippen LogP contribution is -2.44. The Balaban J connectivity index is 1.57. The maximum Gasteiger partial charge on any atom is 0.326 e. The number of nitrogens with one attached hydrogen (secondary N) is 2. The number of hydrogen-bond donors (Lipinski definition) is 3. The number of unbranched alkanes of at least 4 members (excludes halogenated alkanes) is 1. The van der Waals surface area contributed by atoms with E-state index in [1.165, 1.54) is 17.7 Å². The van der Waals surface area contributed by atoms with Crippen LogP contribution >= 0.6 is 11.6 Å². The highest BCUT2D eigenvalue weighted by atomic mass is 35.5. The highest BCUT2D eigenvalue weighted by molar-refractivity contribution is 6.34. The first-order chi connectivity index (χ1) is 18.1. The third-order valence-corrected chi connectivity index (χ3v) is 6.95. The van der Waals surface area contributed by atoms with Crippen molar-refractivity contribution in [2.24, 2.45) is 5.41 Å². The molecule has 1 aromatic heterocycles. The summed E-state index contributed by atoms with van der Waals surface area (Å²) in [7, 11) is 0. The lowest BCUT2D eigenvalue weighted by Gasteiger charge is -2.29. The number of fused-ring (bicyclic) bond motifs is 1. The van der Waals surface area contributed by atoms with Gasteiger partial charge in [-0.25, -0.2) is 14.2 Å². The van der Waals surface area contributed by atoms with E-state index < -0.39 is 29.2 Å². The Kier molecular flexibility index (Phi) is 10.5. The number of aromatic nitrogens is 1. The number of halogens is 2. The van der Waals surface area contributed by atoms with E-state index in [1.807, 2.05) is 13.8 Å². The van der Waals surface area contributed by atoms with Gasteiger partial charge in [-0.05, 0) is 82.7 Å². The second-order valence-corrected chi connectivity index (χ2v) is 10.7. The average molecular weight is 544 g/mol. The number of nitrogens with zero attached hydrogens (tertiary/aromatic N) is 3. The highest BCUT2D eigenvalue weighted by Gasteiger charge is 2.26. The first-order valence-electron chi connectivity index (χ1n) is 12.9. The number of aryl methyl sites for hydroxylation is 2. The van der Waals surface area contributed by atoms with E-state index in [2.05, 4.69) is 33.7 Å². The topological polar surface area (TPSA) is 118 Å². The van der Waals surface area contributed by atoms with E-state index in [1.54, 1.807) is 0 Å². The number of carboxylic acids is 1. The molecule has 1 amide bonds. The normalized spacial score (nSPS) is 13.8. The zero-order valence-electron chi connectivity index (χ0n) is 21.9. The molecular weight excluding hydrogens is 509 g/mol. The SMILES string of the molecule is CC(C)(C#N)CN(CCCCc1ccc2c(n1)NCCC2)CCC(NC(=O)c1cccc(F)c1Cl)C(=O)O. The van der Waals surface area contributed by atoms with Gasteiger partial charge in [-0.3, -0.25) is 4.79 Å². The van der Waals surface area contributed by atoms with E-state index >= 15 is 0 Å². The molecular formula is C28H35ClFN5O3. The number of anilines is 1. The zero-order chi connectivity index (χ0) is 27.7. The van der Waals surface area contributed by atoms with Gasteiger partial charge in [0.1, 0.15) is 17.7 Å². The maximum absolute atomic E-state index is 13.7. The van der Waals surface area contributed by atoms with Crippen LogP contribution in [0.4, 0.5) is 10.2 Å². The van der Waals surface area contributed by atoms with Crippen LogP contribution in [0, 0.1) is 22.6 Å². The Morgan fingerprint density at radius 3 is 2.82 bits per heavy atom. The van der Waals surface area contributed by atoms with Crippen molar-refractivity contribution in [3.63, 3.8) is 0 Å². The molecule has 3 rings (SSSR count). The van der Waals surface area contributed by atoms with Crippen molar-refractivity contribution in [3.05, 3.63) is 58.0 Å². The Bertz CT molecular complexity index is 1180. The van der Waals surface area contributed by atoms with Gasteiger partial charge in [0.15, 0.2) is 0 Å². The number of amides is 1. The lowest BCUT2D eigenvalue weighted by molar-refractivity contribution is -0.139. The highest BCUT2D eigenvalue weighted by Crippen LogP contribution is 2.22. The second-order valence-electron chi connectivity index (χ2n) is 10.3. The molecule has 38 heavy (non-hydrogen) atoms. The Morgan fingerprint density at radius 2 is 2.08 bits per heavy atom. The molecule has 3 N–H and O–H groups in total. The largest absolute Gasteiger partial charge is 0.480 e. The quantitative estimate of drug-likeness (QED) is 0.314. The van der Waals surface area contributed by atoms with Gasteiger partial charge >= 0.3 is 5.97 Å². The number of benzene rings is 1. The van der Waals surface area contributed by atoms with Crippen molar-refractivity contribution in [2.45, 2.75) is 58.4 Å². The molecule has 1 aliphatic heterocycles. The molecule has 2 aromatic rings. The van der Waals surface area contributed by atoms with Gasteiger partial charge in [-0.2, -0.15) is 5.26 Å². The van der Waals surface area contributed by atoms with Crippen molar-refractivity contribution < 1.29 is 19.1 Å². The number of carboxylic acid groups (broad SMARTS) is 1. The van der Waals surface area contributed by atoms with Gasteiger partial charge in [0.25, 0.3) is 5.91 Å². The van der Waals surface area contributed by atoms with Gasteiger partial charge < -0.3 is 20.6 Å². The molecule has 10 heteroatoms. The molecule has 1 aromatic carbocycles. The lowest BCUT2D eigenvalue weighted by atomic mass is 9.94. The van der Waals surface area contributed by atoms with E-state index in [4.69, 9.17) is 16.6 Å². The van der Waals surface area contributed by atoms with Crippen molar-refractivity contribution >= 4 is 29.3 Å². The number of rotatable bonds is 13. The fourth-order valence-corrected chi connectivity index (χ4v) is 4.71. The van der Waals surface area contributed by atoms with Gasteiger partial charge in [-0.1, -0.05) is 23.7 Å². The molecule has 0 aliphatic carbocycles. The molecule has 0 fully saturated rings. The van der Waals surface area contributed by atoms with E-state index in [0.717, 1.165) is 56.2 Å². The summed E-state index contributed by atoms with van der Waals surface area (Å²) in [5, 5.41) is 24.7. The minimum absolute atomic E-state index is 0.119. The molecule has 1 atom stereocenters. The molecule has 0 bridgehead atoms. The predicted molar refractivity (Wildman–Crippen MR) is 145 cm³/mol. The standard InChI is InChI=1S/C28H35ClFN5O3/c1-28(2,17-31)18-35(15-4-3-8-20-12-11-19-7-6-14-32-25(19)33-20)16-13-23(27(37)38)34-26(36)21-9-5-10-22(30)24(21)29/h5,9-12,23H,3-4,6-8,13-16,18H2,1-2H3,(H,32,33)(H,34,36)(H,37,38). The fraction of sp³-hybridized carbons (Fsp3) is 0.500. The van der Waals surface area contributed by atoms with E-state index in [-0.39, 0.29) is 17.0 Å². The molecule has 1 unspecified atom stereocenters. The zero-order valence-corrected chi connectivity index (χ0v) is 22.7. The third kappa shape index (κ3) is 8.40. The summed E-state index contributed by atoms with van der Waals surface area (Å²) in [5.41, 5.74) is 1.55. The minimum atomic E-state index is -1.20. The van der Waals surface area contributed by atoms with Crippen LogP contribution in [0.25, 0.3) is 0 Å². The molecule has 2 heterocycles. The van der Waals surface area contributed by atoms with Gasteiger partial charge in [-0.15, -0.1) is 0 Å². The predicted octanol–water partition coefficient (Wildman–Crippen LogP) is 4.68. The van der Waals surface area contributed by atoms with Gasteiger partial charge in [0.05, 0.1) is 22.1 Å². The van der Waals surface area contributed by atoms with Crippen LogP contribution < -0.4 is 10.6 Å². The van der Waals surface area contributed by atoms with E-state index in [9.17, 15) is 24.3 Å². The maximum atomic E-state index is 13.7. The van der Waals surface area contributed by atoms with Crippen molar-refractivity contribution in [1.82, 2.24) is 15.2 Å². The van der Waals surface area contributed by atoms with Crippen LogP contribution in [0.15, 0.2) is 30.3 Å². The number of hydrogen-bond acceptors (Lipinski definition) is 6. The van der Waals surface area contributed by atoms with E-state index in [0.29, 0.717) is 19.6 Å². The molecule has 0 saturated carbocycles. The number of carbonyl (C=O) groups excluding carboxylic acids is 1. The van der Waals surface area contributed by atoms with Crippen LogP contribution in [-0.2, 0) is 17.6 Å². The number of aliphatic carboxylic acids is 1. The summed E-state index contributed by atoms with van der Waals surface area (Å²) in [6, 6.07) is 9.13. The third-order valence-electron chi connectivity index (χ3n) is 6.56. The summed E-state index contributed by atoms with van der Waals surface area (Å²) < 4.78 is 13.7. The average Bonchev–Trinajstić information content (AvgIpc) is 2.89. The Hall–Kier alpha value is -3.22. The van der Waals surface area contributed by atoms with Crippen LogP contribution in [0.2, 0.25) is 5.02 Å². The molecule has 204 valence electrons. The molecule has 0 radical (unpaired) electrons. The first-order valence-corrected chi connectivity index (χ1v) is 13.3. The summed E-state index contributed by atoms with van der Waals surface area (Å²) >= 11 is 5.89. The Morgan fingerprint density at radius 1 is 1.29 bits per heavy atom. The van der Waals surface area contributed by atoms with Crippen molar-refractivity contribution in [2.75, 3.05) is 31.5 Å². The van der Waals surface area contributed by atoms with Crippen molar-refractivity contribution in [3.8, 4) is 6.07 Å². The number of pyridine rings is 1. The van der Waals surface area contributed by atoms with Gasteiger partial charge in [0, 0.05) is 25.3 Å². The molecule has 0 saturated heterocycles. The number of carbonyl (C=O) groups is 2. The Labute approximate surface area is 228 Å². The summed E-state index contributed by atoms with van der Waals surface area (Å²) in [6.07, 6.45) is 4.85. The van der Waals surface area contributed by atoms with Crippen LogP contribution in [-0.4, -0.2) is 59.1 Å². The number of nitriles is 1. The fourth-order valence-electron chi connectivity index (χ4n) is 4.50. The van der Waals surface area contributed by atoms with Crippen LogP contribution in [0.5, 0.6) is 0 Å². The summed E-state index contributed by atoms with van der Waals surface area (Å²) in [6.45, 7) is 6.12. The smallest absolute Gasteiger partial charge is 0.326 e. The van der Waals surface area contributed by atoms with Gasteiger partial charge in [0.2, 0.25) is 0 Å². The minimum Gasteiger partial charge on any atom is -0.480 e. The van der Waals surface area contributed by atoms with Crippen LogP contribution in [0.1, 0.15) is 61.1 Å². The first kappa shape index (κ1) is 29.3. The van der Waals surface area contributed by atoms with Crippen molar-refractivity contribution in [1.29, 1.82) is 5.26 Å². The molecule has 0 spiro atoms.